The Morgan fingerprint density at radius 1 is 0.803 bits per heavy atom. The fourth-order valence-corrected chi connectivity index (χ4v) is 13.3. The van der Waals surface area contributed by atoms with Crippen molar-refractivity contribution >= 4 is 65.8 Å². The summed E-state index contributed by atoms with van der Waals surface area (Å²) in [7, 11) is -11.0. The Hall–Kier alpha value is -4.12. The zero-order valence-electron chi connectivity index (χ0n) is 40.5. The van der Waals surface area contributed by atoms with Crippen molar-refractivity contribution in [2.75, 3.05) is 81.4 Å². The number of carbonyl (C=O) groups excluding carboxylic acids is 1. The molecule has 11 nitrogen and oxygen atoms in total. The predicted octanol–water partition coefficient (Wildman–Crippen LogP) is 10.3. The highest BCUT2D eigenvalue weighted by molar-refractivity contribution is 7.99. The van der Waals surface area contributed by atoms with Crippen LogP contribution in [0.1, 0.15) is 80.4 Å². The van der Waals surface area contributed by atoms with Crippen molar-refractivity contribution in [3.05, 3.63) is 106 Å². The number of allylic oxidation sites excluding steroid dienone is 1. The van der Waals surface area contributed by atoms with Crippen LogP contribution in [0.25, 0.3) is 5.57 Å². The van der Waals surface area contributed by atoms with Crippen molar-refractivity contribution in [3.63, 3.8) is 0 Å². The van der Waals surface area contributed by atoms with Gasteiger partial charge in [0.1, 0.15) is 9.77 Å². The summed E-state index contributed by atoms with van der Waals surface area (Å²) in [5.41, 5.74) is -3.32. The summed E-state index contributed by atoms with van der Waals surface area (Å²) >= 11 is 2.24. The Morgan fingerprint density at radius 3 is 2.06 bits per heavy atom. The predicted molar refractivity (Wildman–Crippen MR) is 270 cm³/mol. The molecule has 1 aliphatic carbocycles. The van der Waals surface area contributed by atoms with Crippen molar-refractivity contribution < 1.29 is 48.0 Å². The topological polar surface area (TPSA) is 122 Å². The molecule has 2 aliphatic heterocycles. The summed E-state index contributed by atoms with van der Waals surface area (Å²) < 4.78 is 139. The van der Waals surface area contributed by atoms with Gasteiger partial charge in [0.05, 0.1) is 10.6 Å². The molecule has 0 saturated carbocycles. The first-order valence-corrected chi connectivity index (χ1v) is 28.4. The van der Waals surface area contributed by atoms with Crippen LogP contribution in [0.2, 0.25) is 0 Å². The molecule has 1 amide bonds. The first-order chi connectivity index (χ1) is 33.2. The maximum absolute atomic E-state index is 14.3. The summed E-state index contributed by atoms with van der Waals surface area (Å²) in [5, 5.41) is 3.02. The summed E-state index contributed by atoms with van der Waals surface area (Å²) in [5.74, 6) is -0.714. The number of benzene rings is 3. The number of piperazine rings is 2. The van der Waals surface area contributed by atoms with Crippen LogP contribution in [-0.4, -0.2) is 126 Å². The zero-order valence-corrected chi connectivity index (χ0v) is 43.8. The van der Waals surface area contributed by atoms with Gasteiger partial charge >= 0.3 is 11.7 Å². The van der Waals surface area contributed by atoms with Crippen molar-refractivity contribution in [1.29, 1.82) is 0 Å². The number of nitrogens with zero attached hydrogens (tertiary/aromatic N) is 4. The van der Waals surface area contributed by atoms with Gasteiger partial charge in [-0.25, -0.2) is 21.6 Å². The monoisotopic (exact) mass is 1070 g/mol. The van der Waals surface area contributed by atoms with Gasteiger partial charge in [-0.1, -0.05) is 37.6 Å². The average molecular weight is 1070 g/mol. The van der Waals surface area contributed by atoms with Gasteiger partial charge < -0.3 is 15.1 Å². The second-order valence-electron chi connectivity index (χ2n) is 20.2. The van der Waals surface area contributed by atoms with Gasteiger partial charge in [-0.05, 0) is 124 Å². The van der Waals surface area contributed by atoms with Crippen LogP contribution in [0.4, 0.5) is 37.7 Å². The second-order valence-corrected chi connectivity index (χ2v) is 26.0. The van der Waals surface area contributed by atoms with Crippen LogP contribution >= 0.6 is 23.1 Å². The number of nitrogens with one attached hydrogen (secondary N) is 2. The van der Waals surface area contributed by atoms with E-state index in [1.54, 1.807) is 18.2 Å². The number of sulfonamides is 1. The first kappa shape index (κ1) is 54.6. The van der Waals surface area contributed by atoms with Gasteiger partial charge in [0.15, 0.2) is 0 Å². The summed E-state index contributed by atoms with van der Waals surface area (Å²) in [4.78, 5) is 21.3. The Bertz CT molecular complexity index is 2740. The van der Waals surface area contributed by atoms with Gasteiger partial charge in [-0.2, -0.15) is 26.3 Å². The summed E-state index contributed by atoms with van der Waals surface area (Å²) in [6.45, 7) is 17.8. The minimum Gasteiger partial charge on any atom is -0.380 e. The largest absolute Gasteiger partial charge is 0.501 e. The maximum atomic E-state index is 14.3. The summed E-state index contributed by atoms with van der Waals surface area (Å²) in [6, 6.07) is 20.1. The number of hydrogen-bond acceptors (Lipinski definition) is 12. The lowest BCUT2D eigenvalue weighted by Gasteiger charge is -2.42. The number of anilines is 2. The molecule has 2 N–H and O–H groups in total. The van der Waals surface area contributed by atoms with Crippen molar-refractivity contribution in [2.45, 2.75) is 98.3 Å². The lowest BCUT2D eigenvalue weighted by molar-refractivity contribution is -0.134. The van der Waals surface area contributed by atoms with E-state index in [2.05, 4.69) is 59.5 Å². The molecule has 3 aromatic carbocycles. The number of halogens is 6. The van der Waals surface area contributed by atoms with Gasteiger partial charge in [-0.15, -0.1) is 23.1 Å². The molecule has 1 unspecified atom stereocenters. The molecule has 0 bridgehead atoms. The highest BCUT2D eigenvalue weighted by Gasteiger charge is 2.48. The minimum atomic E-state index is -6.09. The molecule has 0 spiro atoms. The van der Waals surface area contributed by atoms with E-state index in [1.807, 2.05) is 35.1 Å². The van der Waals surface area contributed by atoms with E-state index < -0.39 is 63.8 Å². The van der Waals surface area contributed by atoms with E-state index in [0.717, 1.165) is 90.3 Å². The van der Waals surface area contributed by atoms with Crippen LogP contribution < -0.4 is 14.9 Å². The molecule has 7 rings (SSSR count). The van der Waals surface area contributed by atoms with E-state index in [-0.39, 0.29) is 16.5 Å². The minimum absolute atomic E-state index is 0.00293. The van der Waals surface area contributed by atoms with E-state index in [1.165, 1.54) is 23.9 Å². The van der Waals surface area contributed by atoms with Crippen molar-refractivity contribution in [1.82, 2.24) is 19.4 Å². The van der Waals surface area contributed by atoms with Crippen molar-refractivity contribution in [3.8, 4) is 0 Å². The van der Waals surface area contributed by atoms with Crippen LogP contribution in [0, 0.1) is 5.41 Å². The number of hydrogen-bond donors (Lipinski definition) is 2. The molecule has 2 fully saturated rings. The van der Waals surface area contributed by atoms with Crippen LogP contribution in [0.5, 0.6) is 0 Å². The molecule has 0 radical (unpaired) electrons. The fraction of sp³-hybridized carbons (Fsp3) is 0.500. The number of sulfone groups is 1. The third-order valence-electron chi connectivity index (χ3n) is 13.4. The standard InChI is InChI=1S/C50H62F6N6O5S4/c1-47(2,3)62-29-25-59(26-30-62)22-20-37(34-68-39-9-7-6-8-10-39)57-42-16-15-40(31-44(42)70(64,65)50(54,55)56)71(66,67)58-46(63)35-11-13-38(14-12-35)61-27-23-60(24-28-61)33-36-32-48(4,5)21-19-41(36)43-17-18-45(69-43)49(51,52)53/h6-18,31,37,57H,19-30,32-34H2,1-5H3,(H,58,63). The van der Waals surface area contributed by atoms with E-state index >= 15 is 0 Å². The molecule has 3 aliphatic rings. The number of thioether (sulfide) groups is 1. The number of alkyl halides is 6. The fourth-order valence-electron chi connectivity index (χ4n) is 9.26. The van der Waals surface area contributed by atoms with Gasteiger partial charge in [-0.3, -0.25) is 14.6 Å². The average Bonchev–Trinajstić information content (AvgIpc) is 3.81. The molecule has 71 heavy (non-hydrogen) atoms. The number of amides is 1. The van der Waals surface area contributed by atoms with Crippen LogP contribution in [-0.2, 0) is 26.0 Å². The van der Waals surface area contributed by atoms with Crippen molar-refractivity contribution in [2.24, 2.45) is 5.41 Å². The molecule has 2 saturated heterocycles. The quantitative estimate of drug-likeness (QED) is 0.0824. The first-order valence-electron chi connectivity index (χ1n) is 23.6. The Balaban J connectivity index is 1.01. The van der Waals surface area contributed by atoms with Crippen LogP contribution in [0.3, 0.4) is 0 Å². The highest BCUT2D eigenvalue weighted by atomic mass is 32.2. The molecule has 3 heterocycles. The third-order valence-corrected chi connectivity index (χ3v) is 18.6. The third kappa shape index (κ3) is 13.9. The Kier molecular flexibility index (Phi) is 16.8. The maximum Gasteiger partial charge on any atom is 0.501 e. The lowest BCUT2D eigenvalue weighted by atomic mass is 9.74. The Labute approximate surface area is 422 Å². The molecule has 388 valence electrons. The second kappa shape index (κ2) is 21.8. The molecule has 4 aromatic rings. The number of thiophene rings is 1. The molecule has 1 atom stereocenters. The molecule has 21 heteroatoms. The normalized spacial score (nSPS) is 18.7. The zero-order chi connectivity index (χ0) is 51.6. The number of rotatable bonds is 16. The van der Waals surface area contributed by atoms with Gasteiger partial charge in [0, 0.05) is 104 Å². The molecular formula is C50H62F6N6O5S4. The van der Waals surface area contributed by atoms with E-state index in [9.17, 15) is 48.0 Å². The Morgan fingerprint density at radius 2 is 1.45 bits per heavy atom. The highest BCUT2D eigenvalue weighted by Crippen LogP contribution is 2.46. The van der Waals surface area contributed by atoms with Crippen LogP contribution in [0.15, 0.2) is 105 Å². The lowest BCUT2D eigenvalue weighted by Crippen LogP contribution is -2.53. The number of carbonyl (C=O) groups is 1. The van der Waals surface area contributed by atoms with E-state index in [0.29, 0.717) is 68.8 Å². The molecular weight excluding hydrogens is 1010 g/mol. The smallest absolute Gasteiger partial charge is 0.380 e. The molecule has 1 aromatic heterocycles. The van der Waals surface area contributed by atoms with Gasteiger partial charge in [0.2, 0.25) is 0 Å². The van der Waals surface area contributed by atoms with E-state index in [4.69, 9.17) is 0 Å². The van der Waals surface area contributed by atoms with Gasteiger partial charge in [0.25, 0.3) is 25.8 Å². The SMILES string of the molecule is CC1(C)CCC(c2ccc(C(F)(F)F)s2)=C(CN2CCN(c3ccc(C(=O)NS(=O)(=O)c4ccc(NC(CCN5CCN(C(C)(C)C)CC5)CSc5ccccc5)c(S(=O)(=O)C(F)(F)F)c4)cc3)CC2)C1. The summed E-state index contributed by atoms with van der Waals surface area (Å²) in [6.07, 6.45) is -1.58.